The van der Waals surface area contributed by atoms with Crippen molar-refractivity contribution in [1.29, 1.82) is 0 Å². The molecule has 0 radical (unpaired) electrons. The average molecular weight is 255 g/mol. The van der Waals surface area contributed by atoms with Gasteiger partial charge in [0.25, 0.3) is 0 Å². The van der Waals surface area contributed by atoms with Crippen LogP contribution < -0.4 is 5.32 Å². The van der Waals surface area contributed by atoms with Crippen LogP contribution in [0.3, 0.4) is 0 Å². The third-order valence-corrected chi connectivity index (χ3v) is 2.37. The number of phenolic OH excluding ortho intramolecular Hbond substituents is 1. The first-order valence-electron chi connectivity index (χ1n) is 4.98. The molecule has 0 aromatic heterocycles. The Hall–Kier alpha value is -2.24. The fraction of sp³-hybridized carbons (Fsp3) is 0.0833. The van der Waals surface area contributed by atoms with E-state index in [9.17, 15) is 23.1 Å². The summed E-state index contributed by atoms with van der Waals surface area (Å²) in [4.78, 5) is 10.9. The molecule has 2 rings (SSSR count). The third kappa shape index (κ3) is 2.37. The van der Waals surface area contributed by atoms with Gasteiger partial charge in [0, 0.05) is 11.1 Å². The van der Waals surface area contributed by atoms with E-state index in [1.165, 1.54) is 24.3 Å². The summed E-state index contributed by atoms with van der Waals surface area (Å²) in [5.41, 5.74) is 0.00530. The monoisotopic (exact) mass is 255 g/mol. The Morgan fingerprint density at radius 3 is 2.56 bits per heavy atom. The van der Waals surface area contributed by atoms with Crippen molar-refractivity contribution in [3.05, 3.63) is 36.4 Å². The number of alkyl halides is 3. The smallest absolute Gasteiger partial charge is 0.471 e. The van der Waals surface area contributed by atoms with Gasteiger partial charge < -0.3 is 10.4 Å². The highest BCUT2D eigenvalue weighted by Gasteiger charge is 2.38. The SMILES string of the molecule is O=C(Nc1cccc2ccc(O)cc12)C(F)(F)F. The summed E-state index contributed by atoms with van der Waals surface area (Å²) in [6, 6.07) is 8.78. The quantitative estimate of drug-likeness (QED) is 0.822. The van der Waals surface area contributed by atoms with Gasteiger partial charge in [-0.2, -0.15) is 13.2 Å². The zero-order chi connectivity index (χ0) is 13.3. The van der Waals surface area contributed by atoms with E-state index in [0.29, 0.717) is 10.8 Å². The van der Waals surface area contributed by atoms with Crippen molar-refractivity contribution in [2.75, 3.05) is 5.32 Å². The van der Waals surface area contributed by atoms with Crippen molar-refractivity contribution in [1.82, 2.24) is 0 Å². The van der Waals surface area contributed by atoms with Crippen LogP contribution in [0.15, 0.2) is 36.4 Å². The molecule has 3 nitrogen and oxygen atoms in total. The minimum atomic E-state index is -4.95. The number of amides is 1. The number of rotatable bonds is 1. The second-order valence-electron chi connectivity index (χ2n) is 3.66. The van der Waals surface area contributed by atoms with E-state index in [-0.39, 0.29) is 11.4 Å². The highest BCUT2D eigenvalue weighted by atomic mass is 19.4. The zero-order valence-electron chi connectivity index (χ0n) is 8.95. The second-order valence-corrected chi connectivity index (χ2v) is 3.66. The van der Waals surface area contributed by atoms with Crippen LogP contribution in [0, 0.1) is 0 Å². The van der Waals surface area contributed by atoms with Gasteiger partial charge >= 0.3 is 12.1 Å². The van der Waals surface area contributed by atoms with E-state index in [1.807, 2.05) is 0 Å². The molecule has 2 N–H and O–H groups in total. The molecule has 0 saturated carbocycles. The van der Waals surface area contributed by atoms with Crippen molar-refractivity contribution in [2.45, 2.75) is 6.18 Å². The molecule has 18 heavy (non-hydrogen) atoms. The van der Waals surface area contributed by atoms with Crippen LogP contribution in [-0.2, 0) is 4.79 Å². The number of carbonyl (C=O) groups excluding carboxylic acids is 1. The van der Waals surface area contributed by atoms with E-state index >= 15 is 0 Å². The highest BCUT2D eigenvalue weighted by Crippen LogP contribution is 2.28. The summed E-state index contributed by atoms with van der Waals surface area (Å²) in [6.07, 6.45) is -4.95. The van der Waals surface area contributed by atoms with Crippen molar-refractivity contribution in [3.63, 3.8) is 0 Å². The van der Waals surface area contributed by atoms with Gasteiger partial charge in [0.2, 0.25) is 0 Å². The molecule has 0 aliphatic rings. The number of halogens is 3. The predicted molar refractivity (Wildman–Crippen MR) is 60.3 cm³/mol. The minimum absolute atomic E-state index is 0.00530. The van der Waals surface area contributed by atoms with Gasteiger partial charge in [-0.3, -0.25) is 4.79 Å². The molecule has 0 saturated heterocycles. The third-order valence-electron chi connectivity index (χ3n) is 2.37. The maximum Gasteiger partial charge on any atom is 0.471 e. The Morgan fingerprint density at radius 1 is 1.17 bits per heavy atom. The van der Waals surface area contributed by atoms with Gasteiger partial charge in [-0.25, -0.2) is 0 Å². The maximum absolute atomic E-state index is 12.2. The molecule has 0 bridgehead atoms. The van der Waals surface area contributed by atoms with Gasteiger partial charge in [0.05, 0.1) is 0 Å². The molecule has 94 valence electrons. The van der Waals surface area contributed by atoms with E-state index in [0.717, 1.165) is 0 Å². The van der Waals surface area contributed by atoms with Crippen molar-refractivity contribution < 1.29 is 23.1 Å². The van der Waals surface area contributed by atoms with E-state index in [1.54, 1.807) is 17.4 Å². The fourth-order valence-corrected chi connectivity index (χ4v) is 1.56. The lowest BCUT2D eigenvalue weighted by Crippen LogP contribution is -2.29. The second kappa shape index (κ2) is 4.21. The molecule has 0 heterocycles. The summed E-state index contributed by atoms with van der Waals surface area (Å²) in [5.74, 6) is -2.13. The van der Waals surface area contributed by atoms with Crippen molar-refractivity contribution in [2.24, 2.45) is 0 Å². The van der Waals surface area contributed by atoms with E-state index in [4.69, 9.17) is 0 Å². The van der Waals surface area contributed by atoms with Crippen LogP contribution >= 0.6 is 0 Å². The Labute approximate surface area is 99.8 Å². The normalized spacial score (nSPS) is 11.5. The molecular weight excluding hydrogens is 247 g/mol. The molecule has 0 fully saturated rings. The molecule has 0 aliphatic carbocycles. The largest absolute Gasteiger partial charge is 0.508 e. The van der Waals surface area contributed by atoms with Crippen molar-refractivity contribution in [3.8, 4) is 5.75 Å². The summed E-state index contributed by atoms with van der Waals surface area (Å²) < 4.78 is 36.5. The number of benzene rings is 2. The summed E-state index contributed by atoms with van der Waals surface area (Å²) in [6.45, 7) is 0. The topological polar surface area (TPSA) is 49.3 Å². The van der Waals surface area contributed by atoms with Crippen LogP contribution in [0.5, 0.6) is 5.75 Å². The fourth-order valence-electron chi connectivity index (χ4n) is 1.56. The summed E-state index contributed by atoms with van der Waals surface area (Å²) >= 11 is 0. The summed E-state index contributed by atoms with van der Waals surface area (Å²) in [5, 5.41) is 12.1. The Bertz CT molecular complexity index is 608. The van der Waals surface area contributed by atoms with Crippen LogP contribution in [-0.4, -0.2) is 17.2 Å². The number of nitrogens with one attached hydrogen (secondary N) is 1. The van der Waals surface area contributed by atoms with Gasteiger partial charge in [-0.05, 0) is 23.6 Å². The first-order valence-corrected chi connectivity index (χ1v) is 4.98. The predicted octanol–water partition coefficient (Wildman–Crippen LogP) is 3.05. The average Bonchev–Trinajstić information content (AvgIpc) is 2.28. The van der Waals surface area contributed by atoms with E-state index < -0.39 is 12.1 Å². The lowest BCUT2D eigenvalue weighted by Gasteiger charge is -2.10. The van der Waals surface area contributed by atoms with Crippen LogP contribution in [0.2, 0.25) is 0 Å². The van der Waals surface area contributed by atoms with Gasteiger partial charge in [-0.1, -0.05) is 18.2 Å². The number of hydrogen-bond acceptors (Lipinski definition) is 2. The number of carbonyl (C=O) groups is 1. The van der Waals surface area contributed by atoms with Gasteiger partial charge in [0.15, 0.2) is 0 Å². The number of aromatic hydroxyl groups is 1. The number of hydrogen-bond donors (Lipinski definition) is 2. The molecule has 2 aromatic carbocycles. The van der Waals surface area contributed by atoms with Crippen LogP contribution in [0.25, 0.3) is 10.8 Å². The van der Waals surface area contributed by atoms with Gasteiger partial charge in [-0.15, -0.1) is 0 Å². The highest BCUT2D eigenvalue weighted by molar-refractivity contribution is 6.04. The molecular formula is C12H8F3NO2. The minimum Gasteiger partial charge on any atom is -0.508 e. The molecule has 1 amide bonds. The Morgan fingerprint density at radius 2 is 1.89 bits per heavy atom. The Kier molecular flexibility index (Phi) is 2.86. The molecule has 0 spiro atoms. The number of fused-ring (bicyclic) bond motifs is 1. The molecule has 2 aromatic rings. The zero-order valence-corrected chi connectivity index (χ0v) is 8.95. The van der Waals surface area contributed by atoms with Crippen LogP contribution in [0.1, 0.15) is 0 Å². The molecule has 6 heteroatoms. The van der Waals surface area contributed by atoms with Gasteiger partial charge in [0.1, 0.15) is 5.75 Å². The number of phenols is 1. The molecule has 0 unspecified atom stereocenters. The first kappa shape index (κ1) is 12.2. The van der Waals surface area contributed by atoms with Crippen molar-refractivity contribution >= 4 is 22.4 Å². The Balaban J connectivity index is 2.45. The van der Waals surface area contributed by atoms with Crippen LogP contribution in [0.4, 0.5) is 18.9 Å². The lowest BCUT2D eigenvalue weighted by atomic mass is 10.1. The number of anilines is 1. The first-order chi connectivity index (χ1) is 8.38. The molecule has 0 atom stereocenters. The van der Waals surface area contributed by atoms with E-state index in [2.05, 4.69) is 0 Å². The summed E-state index contributed by atoms with van der Waals surface area (Å²) in [7, 11) is 0. The standard InChI is InChI=1S/C12H8F3NO2/c13-12(14,15)11(18)16-10-3-1-2-7-4-5-8(17)6-9(7)10/h1-6,17H,(H,16,18). The maximum atomic E-state index is 12.2. The lowest BCUT2D eigenvalue weighted by molar-refractivity contribution is -0.167. The molecule has 0 aliphatic heterocycles.